The van der Waals surface area contributed by atoms with Crippen LogP contribution in [0.1, 0.15) is 0 Å². The number of fused-ring (bicyclic) bond motifs is 1. The third-order valence-electron chi connectivity index (χ3n) is 1.95. The van der Waals surface area contributed by atoms with Gasteiger partial charge in [0.1, 0.15) is 5.58 Å². The first-order chi connectivity index (χ1) is 5.79. The second kappa shape index (κ2) is 2.55. The van der Waals surface area contributed by atoms with Gasteiger partial charge in [-0.15, -0.1) is 0 Å². The number of benzene rings is 1. The van der Waals surface area contributed by atoms with Gasteiger partial charge in [-0.3, -0.25) is 0 Å². The molecule has 0 aliphatic heterocycles. The molecule has 0 aliphatic rings. The molecule has 2 rings (SSSR count). The lowest BCUT2D eigenvalue weighted by molar-refractivity contribution is 0.616. The average Bonchev–Trinajstić information content (AvgIpc) is 2.49. The van der Waals surface area contributed by atoms with Crippen molar-refractivity contribution >= 4 is 16.7 Å². The molecule has 0 saturated heterocycles. The van der Waals surface area contributed by atoms with Crippen molar-refractivity contribution in [2.45, 2.75) is 0 Å². The summed E-state index contributed by atoms with van der Waals surface area (Å²) >= 11 is 0. The maximum atomic E-state index is 5.28. The summed E-state index contributed by atoms with van der Waals surface area (Å²) in [5, 5.41) is 1.17. The molecule has 2 heteroatoms. The van der Waals surface area contributed by atoms with Gasteiger partial charge >= 0.3 is 0 Å². The smallest absolute Gasteiger partial charge is 0.135 e. The Morgan fingerprint density at radius 1 is 1.17 bits per heavy atom. The summed E-state index contributed by atoms with van der Waals surface area (Å²) in [6.07, 6.45) is 1.72. The van der Waals surface area contributed by atoms with E-state index < -0.39 is 0 Å². The maximum absolute atomic E-state index is 5.28. The van der Waals surface area contributed by atoms with E-state index in [-0.39, 0.29) is 0 Å². The van der Waals surface area contributed by atoms with Gasteiger partial charge in [-0.25, -0.2) is 0 Å². The first-order valence-electron chi connectivity index (χ1n) is 3.92. The van der Waals surface area contributed by atoms with E-state index in [2.05, 4.69) is 11.0 Å². The summed E-state index contributed by atoms with van der Waals surface area (Å²) < 4.78 is 5.28. The van der Waals surface area contributed by atoms with Crippen LogP contribution in [0.4, 0.5) is 5.69 Å². The minimum atomic E-state index is 0.946. The highest BCUT2D eigenvalue weighted by Crippen LogP contribution is 2.25. The lowest BCUT2D eigenvalue weighted by Gasteiger charge is -2.12. The van der Waals surface area contributed by atoms with Gasteiger partial charge in [0.15, 0.2) is 0 Å². The lowest BCUT2D eigenvalue weighted by atomic mass is 10.2. The normalized spacial score (nSPS) is 10.5. The summed E-state index contributed by atoms with van der Waals surface area (Å²) in [7, 11) is 4.06. The van der Waals surface area contributed by atoms with Crippen LogP contribution in [0.25, 0.3) is 11.0 Å². The van der Waals surface area contributed by atoms with Gasteiger partial charge in [-0.1, -0.05) is 6.07 Å². The van der Waals surface area contributed by atoms with E-state index in [4.69, 9.17) is 4.42 Å². The number of nitrogens with zero attached hydrogens (tertiary/aromatic N) is 1. The maximum Gasteiger partial charge on any atom is 0.135 e. The summed E-state index contributed by atoms with van der Waals surface area (Å²) in [5.74, 6) is 0. The predicted octanol–water partition coefficient (Wildman–Crippen LogP) is 2.50. The summed E-state index contributed by atoms with van der Waals surface area (Å²) in [6, 6.07) is 8.05. The fourth-order valence-corrected chi connectivity index (χ4v) is 1.37. The van der Waals surface area contributed by atoms with Crippen LogP contribution in [0.3, 0.4) is 0 Å². The number of furan rings is 1. The molecule has 1 aromatic heterocycles. The van der Waals surface area contributed by atoms with Gasteiger partial charge < -0.3 is 9.32 Å². The van der Waals surface area contributed by atoms with Crippen molar-refractivity contribution in [1.82, 2.24) is 0 Å². The Balaban J connectivity index is 2.73. The van der Waals surface area contributed by atoms with Gasteiger partial charge in [0.05, 0.1) is 6.26 Å². The Morgan fingerprint density at radius 2 is 2.00 bits per heavy atom. The summed E-state index contributed by atoms with van der Waals surface area (Å²) in [5.41, 5.74) is 2.14. The van der Waals surface area contributed by atoms with E-state index in [9.17, 15) is 0 Å². The minimum absolute atomic E-state index is 0.946. The lowest BCUT2D eigenvalue weighted by Crippen LogP contribution is -2.08. The highest BCUT2D eigenvalue weighted by Gasteiger charge is 2.03. The summed E-state index contributed by atoms with van der Waals surface area (Å²) in [6.45, 7) is 0. The van der Waals surface area contributed by atoms with Gasteiger partial charge in [-0.05, 0) is 18.2 Å². The molecule has 0 amide bonds. The number of hydrogen-bond acceptors (Lipinski definition) is 2. The van der Waals surface area contributed by atoms with Crippen molar-refractivity contribution in [3.8, 4) is 0 Å². The summed E-state index contributed by atoms with van der Waals surface area (Å²) in [4.78, 5) is 2.08. The predicted molar refractivity (Wildman–Crippen MR) is 50.5 cm³/mol. The van der Waals surface area contributed by atoms with E-state index in [1.54, 1.807) is 6.26 Å². The Labute approximate surface area is 71.4 Å². The van der Waals surface area contributed by atoms with Gasteiger partial charge in [-0.2, -0.15) is 0 Å². The molecule has 2 nitrogen and oxygen atoms in total. The second-order valence-corrected chi connectivity index (χ2v) is 3.00. The molecular formula is C10H11NO. The SMILES string of the molecule is CN(C)c1cccc2occc12. The van der Waals surface area contributed by atoms with E-state index in [0.29, 0.717) is 0 Å². The number of rotatable bonds is 1. The third kappa shape index (κ3) is 0.961. The molecule has 12 heavy (non-hydrogen) atoms. The zero-order valence-electron chi connectivity index (χ0n) is 7.24. The fourth-order valence-electron chi connectivity index (χ4n) is 1.37. The monoisotopic (exact) mass is 161 g/mol. The molecule has 1 heterocycles. The first kappa shape index (κ1) is 7.22. The van der Waals surface area contributed by atoms with Crippen molar-refractivity contribution in [3.05, 3.63) is 30.5 Å². The molecule has 0 bridgehead atoms. The van der Waals surface area contributed by atoms with E-state index in [1.807, 2.05) is 32.3 Å². The third-order valence-corrected chi connectivity index (χ3v) is 1.95. The zero-order chi connectivity index (χ0) is 8.55. The molecule has 0 radical (unpaired) electrons. The molecule has 0 saturated carbocycles. The zero-order valence-corrected chi connectivity index (χ0v) is 7.24. The van der Waals surface area contributed by atoms with Crippen LogP contribution in [0.2, 0.25) is 0 Å². The molecule has 62 valence electrons. The van der Waals surface area contributed by atoms with Crippen molar-refractivity contribution in [3.63, 3.8) is 0 Å². The Morgan fingerprint density at radius 3 is 2.75 bits per heavy atom. The molecule has 0 N–H and O–H groups in total. The molecule has 1 aromatic carbocycles. The van der Waals surface area contributed by atoms with Crippen LogP contribution in [-0.4, -0.2) is 14.1 Å². The van der Waals surface area contributed by atoms with Gasteiger partial charge in [0.25, 0.3) is 0 Å². The van der Waals surface area contributed by atoms with E-state index in [1.165, 1.54) is 11.1 Å². The van der Waals surface area contributed by atoms with E-state index in [0.717, 1.165) is 5.58 Å². The second-order valence-electron chi connectivity index (χ2n) is 3.00. The van der Waals surface area contributed by atoms with Crippen LogP contribution in [0.15, 0.2) is 34.9 Å². The molecule has 2 aromatic rings. The Bertz CT molecular complexity index is 389. The van der Waals surface area contributed by atoms with Crippen LogP contribution in [0, 0.1) is 0 Å². The quantitative estimate of drug-likeness (QED) is 0.639. The molecular weight excluding hydrogens is 150 g/mol. The average molecular weight is 161 g/mol. The Hall–Kier alpha value is -1.44. The van der Waals surface area contributed by atoms with Crippen molar-refractivity contribution in [2.75, 3.05) is 19.0 Å². The van der Waals surface area contributed by atoms with Crippen molar-refractivity contribution < 1.29 is 4.42 Å². The number of anilines is 1. The molecule has 0 atom stereocenters. The van der Waals surface area contributed by atoms with Crippen LogP contribution >= 0.6 is 0 Å². The standard InChI is InChI=1S/C10H11NO/c1-11(2)9-4-3-5-10-8(9)6-7-12-10/h3-7H,1-2H3. The topological polar surface area (TPSA) is 16.4 Å². The molecule has 0 aliphatic carbocycles. The first-order valence-corrected chi connectivity index (χ1v) is 3.92. The van der Waals surface area contributed by atoms with Crippen LogP contribution in [-0.2, 0) is 0 Å². The van der Waals surface area contributed by atoms with Crippen molar-refractivity contribution in [1.29, 1.82) is 0 Å². The Kier molecular flexibility index (Phi) is 1.54. The largest absolute Gasteiger partial charge is 0.464 e. The van der Waals surface area contributed by atoms with E-state index >= 15 is 0 Å². The molecule has 0 fully saturated rings. The highest BCUT2D eigenvalue weighted by atomic mass is 16.3. The van der Waals surface area contributed by atoms with Crippen LogP contribution < -0.4 is 4.90 Å². The van der Waals surface area contributed by atoms with Gasteiger partial charge in [0, 0.05) is 25.2 Å². The highest BCUT2D eigenvalue weighted by molar-refractivity contribution is 5.90. The number of hydrogen-bond donors (Lipinski definition) is 0. The minimum Gasteiger partial charge on any atom is -0.464 e. The molecule has 0 unspecified atom stereocenters. The van der Waals surface area contributed by atoms with Gasteiger partial charge in [0.2, 0.25) is 0 Å². The van der Waals surface area contributed by atoms with Crippen molar-refractivity contribution in [2.24, 2.45) is 0 Å². The molecule has 0 spiro atoms. The van der Waals surface area contributed by atoms with Crippen LogP contribution in [0.5, 0.6) is 0 Å². The fraction of sp³-hybridized carbons (Fsp3) is 0.200.